The van der Waals surface area contributed by atoms with Crippen LogP contribution in [0, 0.1) is 0 Å². The van der Waals surface area contributed by atoms with Crippen LogP contribution in [-0.2, 0) is 24.2 Å². The lowest BCUT2D eigenvalue weighted by Gasteiger charge is -2.29. The zero-order valence-electron chi connectivity index (χ0n) is 13.0. The zero-order chi connectivity index (χ0) is 15.4. The maximum atomic E-state index is 12.4. The van der Waals surface area contributed by atoms with Gasteiger partial charge in [0.15, 0.2) is 0 Å². The number of aromatic nitrogens is 3. The quantitative estimate of drug-likeness (QED) is 0.846. The third-order valence-electron chi connectivity index (χ3n) is 4.23. The van der Waals surface area contributed by atoms with Crippen LogP contribution >= 0.6 is 0 Å². The number of amides is 2. The van der Waals surface area contributed by atoms with Gasteiger partial charge in [0, 0.05) is 26.1 Å². The second-order valence-electron chi connectivity index (χ2n) is 5.79. The molecule has 7 heteroatoms. The summed E-state index contributed by atoms with van der Waals surface area (Å²) in [6, 6.07) is 0.161. The topological polar surface area (TPSA) is 72.3 Å². The van der Waals surface area contributed by atoms with E-state index < -0.39 is 0 Å². The fourth-order valence-corrected chi connectivity index (χ4v) is 2.98. The Labute approximate surface area is 130 Å². The lowest BCUT2D eigenvalue weighted by atomic mass is 10.0. The molecule has 2 amide bonds. The van der Waals surface area contributed by atoms with E-state index in [4.69, 9.17) is 4.74 Å². The van der Waals surface area contributed by atoms with Gasteiger partial charge in [-0.1, -0.05) is 17.4 Å². The number of urea groups is 1. The van der Waals surface area contributed by atoms with E-state index in [0.29, 0.717) is 26.2 Å². The smallest absolute Gasteiger partial charge is 0.318 e. The first-order valence-electron chi connectivity index (χ1n) is 7.90. The van der Waals surface area contributed by atoms with Gasteiger partial charge >= 0.3 is 6.03 Å². The molecule has 2 heterocycles. The van der Waals surface area contributed by atoms with Gasteiger partial charge in [-0.2, -0.15) is 0 Å². The van der Waals surface area contributed by atoms with Crippen molar-refractivity contribution in [2.75, 3.05) is 20.3 Å². The van der Waals surface area contributed by atoms with E-state index in [0.717, 1.165) is 37.1 Å². The summed E-state index contributed by atoms with van der Waals surface area (Å²) >= 11 is 0. The van der Waals surface area contributed by atoms with E-state index in [9.17, 15) is 4.79 Å². The number of nitrogens with one attached hydrogen (secondary N) is 1. The van der Waals surface area contributed by atoms with Crippen LogP contribution in [0.1, 0.15) is 30.7 Å². The first-order valence-corrected chi connectivity index (χ1v) is 7.90. The van der Waals surface area contributed by atoms with Crippen molar-refractivity contribution < 1.29 is 9.53 Å². The molecule has 0 radical (unpaired) electrons. The number of fused-ring (bicyclic) bond motifs is 1. The standard InChI is InChI=1S/C15H23N5O2/c1-22-10-9-20-14-7-8-19(11-13(14)17-18-20)15(21)16-12-5-3-2-4-6-12/h3,5,12H,2,4,6-11H2,1H3,(H,16,21). The molecule has 2 aliphatic rings. The molecule has 0 saturated carbocycles. The molecule has 1 atom stereocenters. The molecule has 0 spiro atoms. The minimum atomic E-state index is -0.00589. The number of carbonyl (C=O) groups excluding carboxylic acids is 1. The molecule has 1 aromatic rings. The van der Waals surface area contributed by atoms with Crippen LogP contribution in [0.25, 0.3) is 0 Å². The van der Waals surface area contributed by atoms with Crippen molar-refractivity contribution in [3.63, 3.8) is 0 Å². The molecule has 0 fully saturated rings. The molecule has 1 aromatic heterocycles. The summed E-state index contributed by atoms with van der Waals surface area (Å²) in [7, 11) is 1.68. The number of ether oxygens (including phenoxy) is 1. The fourth-order valence-electron chi connectivity index (χ4n) is 2.98. The van der Waals surface area contributed by atoms with Crippen LogP contribution in [0.4, 0.5) is 4.79 Å². The highest BCUT2D eigenvalue weighted by molar-refractivity contribution is 5.75. The third kappa shape index (κ3) is 3.30. The number of rotatable bonds is 4. The van der Waals surface area contributed by atoms with Crippen LogP contribution in [0.5, 0.6) is 0 Å². The van der Waals surface area contributed by atoms with E-state index in [2.05, 4.69) is 27.8 Å². The van der Waals surface area contributed by atoms with Crippen molar-refractivity contribution >= 4 is 6.03 Å². The second-order valence-corrected chi connectivity index (χ2v) is 5.79. The van der Waals surface area contributed by atoms with E-state index in [-0.39, 0.29) is 12.1 Å². The molecule has 22 heavy (non-hydrogen) atoms. The number of carbonyl (C=O) groups is 1. The Kier molecular flexibility index (Phi) is 4.72. The number of allylic oxidation sites excluding steroid dienone is 1. The molecule has 0 bridgehead atoms. The maximum absolute atomic E-state index is 12.4. The molecule has 0 aromatic carbocycles. The highest BCUT2D eigenvalue weighted by Crippen LogP contribution is 2.17. The number of hydrogen-bond acceptors (Lipinski definition) is 4. The number of methoxy groups -OCH3 is 1. The first-order chi connectivity index (χ1) is 10.8. The summed E-state index contributed by atoms with van der Waals surface area (Å²) < 4.78 is 6.97. The van der Waals surface area contributed by atoms with Gasteiger partial charge in [-0.15, -0.1) is 5.10 Å². The molecule has 1 aliphatic heterocycles. The zero-order valence-corrected chi connectivity index (χ0v) is 13.0. The minimum absolute atomic E-state index is 0.00589. The van der Waals surface area contributed by atoms with Crippen molar-refractivity contribution in [1.29, 1.82) is 0 Å². The van der Waals surface area contributed by atoms with Gasteiger partial charge < -0.3 is 15.0 Å². The largest absolute Gasteiger partial charge is 0.383 e. The summed E-state index contributed by atoms with van der Waals surface area (Å²) in [4.78, 5) is 14.2. The molecular weight excluding hydrogens is 282 g/mol. The molecule has 3 rings (SSSR count). The predicted octanol–water partition coefficient (Wildman–Crippen LogP) is 1.10. The monoisotopic (exact) mass is 305 g/mol. The summed E-state index contributed by atoms with van der Waals surface area (Å²) in [5, 5.41) is 11.5. The third-order valence-corrected chi connectivity index (χ3v) is 4.23. The molecule has 120 valence electrons. The average Bonchev–Trinajstić information content (AvgIpc) is 2.96. The van der Waals surface area contributed by atoms with Gasteiger partial charge in [0.05, 0.1) is 25.4 Å². The lowest BCUT2D eigenvalue weighted by Crippen LogP contribution is -2.46. The Hall–Kier alpha value is -1.89. The maximum Gasteiger partial charge on any atom is 0.318 e. The molecule has 0 saturated heterocycles. The van der Waals surface area contributed by atoms with E-state index in [1.54, 1.807) is 7.11 Å². The lowest BCUT2D eigenvalue weighted by molar-refractivity contribution is 0.178. The van der Waals surface area contributed by atoms with Crippen LogP contribution in [0.15, 0.2) is 12.2 Å². The van der Waals surface area contributed by atoms with E-state index in [1.165, 1.54) is 0 Å². The van der Waals surface area contributed by atoms with Gasteiger partial charge in [0.1, 0.15) is 5.69 Å². The highest BCUT2D eigenvalue weighted by Gasteiger charge is 2.26. The molecule has 1 N–H and O–H groups in total. The summed E-state index contributed by atoms with van der Waals surface area (Å²) in [6.07, 6.45) is 8.31. The van der Waals surface area contributed by atoms with Crippen molar-refractivity contribution in [3.8, 4) is 0 Å². The Morgan fingerprint density at radius 3 is 3.23 bits per heavy atom. The minimum Gasteiger partial charge on any atom is -0.383 e. The van der Waals surface area contributed by atoms with Crippen LogP contribution in [0.3, 0.4) is 0 Å². The SMILES string of the molecule is COCCn1nnc2c1CCN(C(=O)NC1C=CCCC1)C2. The Balaban J connectivity index is 1.59. The molecular formula is C15H23N5O2. The Morgan fingerprint density at radius 1 is 1.55 bits per heavy atom. The molecule has 7 nitrogen and oxygen atoms in total. The average molecular weight is 305 g/mol. The van der Waals surface area contributed by atoms with Crippen molar-refractivity contribution in [2.45, 2.75) is 44.8 Å². The van der Waals surface area contributed by atoms with Crippen LogP contribution < -0.4 is 5.32 Å². The van der Waals surface area contributed by atoms with Crippen molar-refractivity contribution in [2.24, 2.45) is 0 Å². The summed E-state index contributed by atoms with van der Waals surface area (Å²) in [5.41, 5.74) is 2.02. The van der Waals surface area contributed by atoms with Crippen LogP contribution in [-0.4, -0.2) is 52.2 Å². The van der Waals surface area contributed by atoms with Gasteiger partial charge in [-0.05, 0) is 19.3 Å². The fraction of sp³-hybridized carbons (Fsp3) is 0.667. The molecule has 1 aliphatic carbocycles. The van der Waals surface area contributed by atoms with Gasteiger partial charge in [-0.3, -0.25) is 0 Å². The van der Waals surface area contributed by atoms with Crippen molar-refractivity contribution in [1.82, 2.24) is 25.2 Å². The Morgan fingerprint density at radius 2 is 2.45 bits per heavy atom. The highest BCUT2D eigenvalue weighted by atomic mass is 16.5. The Bertz CT molecular complexity index is 554. The second kappa shape index (κ2) is 6.91. The van der Waals surface area contributed by atoms with Crippen molar-refractivity contribution in [3.05, 3.63) is 23.5 Å². The molecule has 1 unspecified atom stereocenters. The van der Waals surface area contributed by atoms with E-state index in [1.807, 2.05) is 9.58 Å². The number of nitrogens with zero attached hydrogens (tertiary/aromatic N) is 4. The first kappa shape index (κ1) is 15.0. The van der Waals surface area contributed by atoms with Gasteiger partial charge in [0.2, 0.25) is 0 Å². The van der Waals surface area contributed by atoms with Gasteiger partial charge in [-0.25, -0.2) is 9.48 Å². The summed E-state index contributed by atoms with van der Waals surface area (Å²) in [5.74, 6) is 0. The van der Waals surface area contributed by atoms with E-state index >= 15 is 0 Å². The summed E-state index contributed by atoms with van der Waals surface area (Å²) in [6.45, 7) is 2.56. The predicted molar refractivity (Wildman–Crippen MR) is 81.3 cm³/mol. The van der Waals surface area contributed by atoms with Crippen LogP contribution in [0.2, 0.25) is 0 Å². The normalized spacial score (nSPS) is 20.8. The van der Waals surface area contributed by atoms with Gasteiger partial charge in [0.25, 0.3) is 0 Å². The number of hydrogen-bond donors (Lipinski definition) is 1.